The number of carbonyl (C=O) groups excluding carboxylic acids is 1. The molecule has 0 radical (unpaired) electrons. The van der Waals surface area contributed by atoms with Gasteiger partial charge in [0.25, 0.3) is 11.5 Å². The van der Waals surface area contributed by atoms with Gasteiger partial charge >= 0.3 is 0 Å². The fraction of sp³-hybridized carbons (Fsp3) is 0.133. The number of fused-ring (bicyclic) bond motifs is 1. The van der Waals surface area contributed by atoms with Gasteiger partial charge in [-0.1, -0.05) is 0 Å². The summed E-state index contributed by atoms with van der Waals surface area (Å²) < 4.78 is 12.9. The molecule has 22 heavy (non-hydrogen) atoms. The lowest BCUT2D eigenvalue weighted by Gasteiger charge is -2.04. The maximum Gasteiger partial charge on any atom is 0.266 e. The fourth-order valence-corrected chi connectivity index (χ4v) is 3.31. The largest absolute Gasteiger partial charge is 0.321 e. The molecule has 3 aromatic rings. The second-order valence-electron chi connectivity index (χ2n) is 4.85. The van der Waals surface area contributed by atoms with Crippen LogP contribution in [0.15, 0.2) is 29.1 Å². The molecule has 2 aromatic heterocycles. The number of aromatic nitrogens is 2. The Morgan fingerprint density at radius 1 is 1.27 bits per heavy atom. The third-order valence-corrected chi connectivity index (χ3v) is 4.41. The van der Waals surface area contributed by atoms with Crippen LogP contribution < -0.4 is 10.9 Å². The maximum atomic E-state index is 12.9. The van der Waals surface area contributed by atoms with E-state index in [1.165, 1.54) is 35.6 Å². The van der Waals surface area contributed by atoms with Crippen LogP contribution in [0.1, 0.15) is 21.1 Å². The molecule has 1 amide bonds. The molecule has 2 N–H and O–H groups in total. The average molecular weight is 317 g/mol. The lowest BCUT2D eigenvalue weighted by Crippen LogP contribution is -2.12. The first-order valence-electron chi connectivity index (χ1n) is 6.52. The Kier molecular flexibility index (Phi) is 3.50. The van der Waals surface area contributed by atoms with Gasteiger partial charge in [-0.15, -0.1) is 11.3 Å². The number of H-pyrrole nitrogens is 1. The topological polar surface area (TPSA) is 74.8 Å². The number of benzene rings is 1. The second-order valence-corrected chi connectivity index (χ2v) is 5.85. The van der Waals surface area contributed by atoms with Gasteiger partial charge in [-0.25, -0.2) is 9.37 Å². The smallest absolute Gasteiger partial charge is 0.266 e. The van der Waals surface area contributed by atoms with E-state index >= 15 is 0 Å². The number of nitrogens with zero attached hydrogens (tertiary/aromatic N) is 1. The van der Waals surface area contributed by atoms with Crippen molar-refractivity contribution in [2.45, 2.75) is 13.8 Å². The number of anilines is 1. The zero-order valence-electron chi connectivity index (χ0n) is 11.9. The molecule has 0 saturated heterocycles. The van der Waals surface area contributed by atoms with Gasteiger partial charge in [0.2, 0.25) is 0 Å². The van der Waals surface area contributed by atoms with Crippen molar-refractivity contribution in [3.63, 3.8) is 0 Å². The fourth-order valence-electron chi connectivity index (χ4n) is 2.19. The van der Waals surface area contributed by atoms with Crippen molar-refractivity contribution in [1.82, 2.24) is 9.97 Å². The number of aryl methyl sites for hydroxylation is 2. The van der Waals surface area contributed by atoms with Gasteiger partial charge in [0, 0.05) is 5.69 Å². The summed E-state index contributed by atoms with van der Waals surface area (Å²) in [5.74, 6) is -0.212. The van der Waals surface area contributed by atoms with E-state index in [0.717, 1.165) is 0 Å². The Morgan fingerprint density at radius 3 is 2.64 bits per heavy atom. The van der Waals surface area contributed by atoms with Crippen LogP contribution in [0.3, 0.4) is 0 Å². The van der Waals surface area contributed by atoms with E-state index < -0.39 is 0 Å². The summed E-state index contributed by atoms with van der Waals surface area (Å²) in [6.07, 6.45) is 0. The first kappa shape index (κ1) is 14.4. The summed E-state index contributed by atoms with van der Waals surface area (Å²) in [5, 5.41) is 3.12. The highest BCUT2D eigenvalue weighted by Crippen LogP contribution is 2.27. The number of carbonyl (C=O) groups is 1. The van der Waals surface area contributed by atoms with E-state index in [-0.39, 0.29) is 17.3 Å². The van der Waals surface area contributed by atoms with Crippen molar-refractivity contribution >= 4 is 33.1 Å². The van der Waals surface area contributed by atoms with Crippen molar-refractivity contribution in [2.24, 2.45) is 0 Å². The van der Waals surface area contributed by atoms with E-state index in [1.54, 1.807) is 13.8 Å². The first-order valence-corrected chi connectivity index (χ1v) is 7.34. The van der Waals surface area contributed by atoms with Crippen LogP contribution in [0.5, 0.6) is 0 Å². The molecule has 0 aliphatic heterocycles. The zero-order valence-corrected chi connectivity index (χ0v) is 12.7. The molecular formula is C15H12FN3O2S. The Balaban J connectivity index is 2.01. The molecular weight excluding hydrogens is 305 g/mol. The molecule has 0 saturated carbocycles. The predicted octanol–water partition coefficient (Wildman–Crippen LogP) is 2.99. The van der Waals surface area contributed by atoms with Gasteiger partial charge in [-0.2, -0.15) is 0 Å². The molecule has 0 atom stereocenters. The lowest BCUT2D eigenvalue weighted by molar-refractivity contribution is 0.103. The van der Waals surface area contributed by atoms with Crippen LogP contribution in [0.2, 0.25) is 0 Å². The van der Waals surface area contributed by atoms with Crippen LogP contribution in [0, 0.1) is 19.7 Å². The molecule has 0 bridgehead atoms. The highest BCUT2D eigenvalue weighted by molar-refractivity contribution is 7.20. The summed E-state index contributed by atoms with van der Waals surface area (Å²) in [5.41, 5.74) is 0.826. The number of thiophene rings is 1. The summed E-state index contributed by atoms with van der Waals surface area (Å²) in [7, 11) is 0. The van der Waals surface area contributed by atoms with Gasteiger partial charge in [0.15, 0.2) is 0 Å². The quantitative estimate of drug-likeness (QED) is 0.763. The van der Waals surface area contributed by atoms with Crippen LogP contribution in [-0.2, 0) is 0 Å². The van der Waals surface area contributed by atoms with Crippen LogP contribution in [0.25, 0.3) is 10.2 Å². The van der Waals surface area contributed by atoms with E-state index in [2.05, 4.69) is 15.3 Å². The molecule has 0 fully saturated rings. The van der Waals surface area contributed by atoms with Gasteiger partial charge in [0.1, 0.15) is 16.5 Å². The predicted molar refractivity (Wildman–Crippen MR) is 84.1 cm³/mol. The Labute approximate surface area is 128 Å². The van der Waals surface area contributed by atoms with Gasteiger partial charge in [-0.3, -0.25) is 9.59 Å². The van der Waals surface area contributed by atoms with Crippen LogP contribution in [-0.4, -0.2) is 15.9 Å². The normalized spacial score (nSPS) is 10.9. The molecule has 5 nitrogen and oxygen atoms in total. The molecule has 112 valence electrons. The lowest BCUT2D eigenvalue weighted by atomic mass is 10.2. The standard InChI is InChI=1S/C15H12FN3O2S/c1-7-11-13(20)17-8(2)18-15(11)22-12(7)14(21)19-10-5-3-9(16)4-6-10/h3-6H,1-2H3,(H,19,21)(H,17,18,20). The van der Waals surface area contributed by atoms with Crippen LogP contribution >= 0.6 is 11.3 Å². The minimum absolute atomic E-state index is 0.253. The number of nitrogens with one attached hydrogen (secondary N) is 2. The maximum absolute atomic E-state index is 12.9. The number of halogens is 1. The molecule has 7 heteroatoms. The van der Waals surface area contributed by atoms with E-state index in [4.69, 9.17) is 0 Å². The van der Waals surface area contributed by atoms with Gasteiger partial charge < -0.3 is 10.3 Å². The summed E-state index contributed by atoms with van der Waals surface area (Å²) in [4.78, 5) is 32.2. The van der Waals surface area contributed by atoms with E-state index in [0.29, 0.717) is 32.2 Å². The Morgan fingerprint density at radius 2 is 1.95 bits per heavy atom. The van der Waals surface area contributed by atoms with Crippen molar-refractivity contribution in [3.05, 3.63) is 56.7 Å². The summed E-state index contributed by atoms with van der Waals surface area (Å²) in [6.45, 7) is 3.40. The number of hydrogen-bond acceptors (Lipinski definition) is 4. The molecule has 0 unspecified atom stereocenters. The number of rotatable bonds is 2. The third-order valence-electron chi connectivity index (χ3n) is 3.23. The molecule has 3 rings (SSSR count). The second kappa shape index (κ2) is 5.34. The van der Waals surface area contributed by atoms with Crippen molar-refractivity contribution in [1.29, 1.82) is 0 Å². The third kappa shape index (κ3) is 2.50. The minimum atomic E-state index is -0.373. The molecule has 2 heterocycles. The van der Waals surface area contributed by atoms with Gasteiger partial charge in [-0.05, 0) is 43.7 Å². The number of amides is 1. The first-order chi connectivity index (χ1) is 10.5. The number of hydrogen-bond donors (Lipinski definition) is 2. The Bertz CT molecular complexity index is 928. The molecule has 0 aliphatic carbocycles. The monoisotopic (exact) mass is 317 g/mol. The highest BCUT2D eigenvalue weighted by atomic mass is 32.1. The van der Waals surface area contributed by atoms with E-state index in [1.807, 2.05) is 0 Å². The minimum Gasteiger partial charge on any atom is -0.321 e. The van der Waals surface area contributed by atoms with Crippen molar-refractivity contribution < 1.29 is 9.18 Å². The highest BCUT2D eigenvalue weighted by Gasteiger charge is 2.19. The summed E-state index contributed by atoms with van der Waals surface area (Å²) >= 11 is 1.17. The average Bonchev–Trinajstić information content (AvgIpc) is 2.78. The number of aromatic amines is 1. The van der Waals surface area contributed by atoms with Crippen molar-refractivity contribution in [2.75, 3.05) is 5.32 Å². The SMILES string of the molecule is Cc1nc2sc(C(=O)Nc3ccc(F)cc3)c(C)c2c(=O)[nH]1. The van der Waals surface area contributed by atoms with Crippen molar-refractivity contribution in [3.8, 4) is 0 Å². The zero-order chi connectivity index (χ0) is 15.9. The van der Waals surface area contributed by atoms with Crippen LogP contribution in [0.4, 0.5) is 10.1 Å². The molecule has 0 spiro atoms. The van der Waals surface area contributed by atoms with E-state index in [9.17, 15) is 14.0 Å². The summed E-state index contributed by atoms with van der Waals surface area (Å²) in [6, 6.07) is 5.49. The van der Waals surface area contributed by atoms with Gasteiger partial charge in [0.05, 0.1) is 10.3 Å². The Hall–Kier alpha value is -2.54. The molecule has 0 aliphatic rings. The molecule has 1 aromatic carbocycles.